The summed E-state index contributed by atoms with van der Waals surface area (Å²) < 4.78 is 16.7. The molecule has 0 bridgehead atoms. The Balaban J connectivity index is 2.14. The number of halogens is 1. The molecule has 1 saturated heterocycles. The van der Waals surface area contributed by atoms with Gasteiger partial charge in [0.05, 0.1) is 5.69 Å². The number of hydrogen-bond donors (Lipinski definition) is 1. The third kappa shape index (κ3) is 5.47. The Bertz CT molecular complexity index is 678. The fraction of sp³-hybridized carbons (Fsp3) is 0.412. The van der Waals surface area contributed by atoms with Crippen LogP contribution in [0.5, 0.6) is 5.75 Å². The molecular weight excluding hydrogens is 392 g/mol. The number of carbonyl (C=O) groups excluding carboxylic acids is 2. The smallest absolute Gasteiger partial charge is 0.350 e. The first-order valence-corrected chi connectivity index (χ1v) is 8.48. The molecule has 0 spiro atoms. The molecule has 1 fully saturated rings. The Kier molecular flexibility index (Phi) is 6.07. The Morgan fingerprint density at radius 1 is 1.24 bits per heavy atom. The van der Waals surface area contributed by atoms with Gasteiger partial charge in [-0.05, 0) is 32.3 Å². The summed E-state index contributed by atoms with van der Waals surface area (Å²) in [6.45, 7) is 4.24. The molecular formula is C17H21BrN2O5. The molecule has 1 aliphatic rings. The van der Waals surface area contributed by atoms with Crippen LogP contribution in [0, 0.1) is 0 Å². The number of likely N-dealkylation sites (N-methyl/N-ethyl adjacent to an activating group) is 1. The molecule has 0 aliphatic carbocycles. The van der Waals surface area contributed by atoms with E-state index in [0.717, 1.165) is 11.0 Å². The van der Waals surface area contributed by atoms with Crippen molar-refractivity contribution in [1.29, 1.82) is 0 Å². The molecule has 1 aromatic carbocycles. The zero-order chi connectivity index (χ0) is 18.6. The topological polar surface area (TPSA) is 77.1 Å². The van der Waals surface area contributed by atoms with Crippen LogP contribution in [0.4, 0.5) is 5.69 Å². The second kappa shape index (κ2) is 7.88. The van der Waals surface area contributed by atoms with Crippen molar-refractivity contribution in [3.8, 4) is 5.75 Å². The van der Waals surface area contributed by atoms with Crippen molar-refractivity contribution in [3.05, 3.63) is 34.4 Å². The number of nitrogens with one attached hydrogen (secondary N) is 1. The Morgan fingerprint density at radius 2 is 1.88 bits per heavy atom. The Hall–Kier alpha value is -2.06. The van der Waals surface area contributed by atoms with Gasteiger partial charge in [-0.3, -0.25) is 0 Å². The number of carbonyl (C=O) groups is 2. The van der Waals surface area contributed by atoms with Crippen LogP contribution in [0.2, 0.25) is 0 Å². The van der Waals surface area contributed by atoms with E-state index in [4.69, 9.17) is 14.2 Å². The van der Waals surface area contributed by atoms with Crippen LogP contribution in [0.15, 0.2) is 34.4 Å². The first-order chi connectivity index (χ1) is 11.7. The van der Waals surface area contributed by atoms with Crippen molar-refractivity contribution in [2.75, 3.05) is 32.6 Å². The van der Waals surface area contributed by atoms with E-state index < -0.39 is 17.7 Å². The molecule has 2 rings (SSSR count). The van der Waals surface area contributed by atoms with Crippen LogP contribution in [0.1, 0.15) is 13.8 Å². The molecule has 0 radical (unpaired) electrons. The highest BCUT2D eigenvalue weighted by Gasteiger charge is 2.38. The fourth-order valence-corrected chi connectivity index (χ4v) is 2.34. The summed E-state index contributed by atoms with van der Waals surface area (Å²) >= 11 is 3.39. The van der Waals surface area contributed by atoms with Gasteiger partial charge < -0.3 is 24.4 Å². The summed E-state index contributed by atoms with van der Waals surface area (Å²) in [4.78, 5) is 25.9. The van der Waals surface area contributed by atoms with E-state index in [1.807, 2.05) is 25.1 Å². The van der Waals surface area contributed by atoms with E-state index in [1.54, 1.807) is 12.1 Å². The molecule has 1 heterocycles. The molecule has 0 saturated carbocycles. The van der Waals surface area contributed by atoms with Gasteiger partial charge in [0.25, 0.3) is 5.79 Å². The van der Waals surface area contributed by atoms with E-state index in [-0.39, 0.29) is 5.57 Å². The molecule has 0 aromatic heterocycles. The summed E-state index contributed by atoms with van der Waals surface area (Å²) in [5.74, 6) is -2.14. The molecule has 8 heteroatoms. The van der Waals surface area contributed by atoms with E-state index in [9.17, 15) is 9.59 Å². The lowest BCUT2D eigenvalue weighted by atomic mass is 10.2. The van der Waals surface area contributed by atoms with Crippen LogP contribution < -0.4 is 10.1 Å². The molecule has 1 aromatic rings. The van der Waals surface area contributed by atoms with Crippen LogP contribution in [-0.2, 0) is 19.1 Å². The van der Waals surface area contributed by atoms with Crippen LogP contribution >= 0.6 is 15.9 Å². The number of rotatable bonds is 6. The zero-order valence-corrected chi connectivity index (χ0v) is 16.2. The van der Waals surface area contributed by atoms with E-state index in [1.165, 1.54) is 20.0 Å². The highest BCUT2D eigenvalue weighted by molar-refractivity contribution is 9.10. The summed E-state index contributed by atoms with van der Waals surface area (Å²) in [6.07, 6.45) is 1.27. The van der Waals surface area contributed by atoms with E-state index in [2.05, 4.69) is 21.2 Å². The fourth-order valence-electron chi connectivity index (χ4n) is 2.00. The maximum absolute atomic E-state index is 12.0. The van der Waals surface area contributed by atoms with Crippen molar-refractivity contribution in [2.24, 2.45) is 0 Å². The van der Waals surface area contributed by atoms with Crippen molar-refractivity contribution in [3.63, 3.8) is 0 Å². The van der Waals surface area contributed by atoms with Gasteiger partial charge in [0.1, 0.15) is 12.4 Å². The maximum atomic E-state index is 12.0. The Labute approximate surface area is 155 Å². The van der Waals surface area contributed by atoms with Gasteiger partial charge in [0, 0.05) is 31.1 Å². The monoisotopic (exact) mass is 412 g/mol. The zero-order valence-electron chi connectivity index (χ0n) is 14.6. The number of ether oxygens (including phenoxy) is 3. The average molecular weight is 413 g/mol. The molecule has 0 amide bonds. The van der Waals surface area contributed by atoms with E-state index >= 15 is 0 Å². The van der Waals surface area contributed by atoms with Gasteiger partial charge in [-0.1, -0.05) is 15.9 Å². The normalized spacial score (nSPS) is 16.3. The molecule has 136 valence electrons. The van der Waals surface area contributed by atoms with Crippen LogP contribution in [0.25, 0.3) is 0 Å². The first kappa shape index (κ1) is 19.3. The average Bonchev–Trinajstić information content (AvgIpc) is 2.46. The van der Waals surface area contributed by atoms with Crippen molar-refractivity contribution < 1.29 is 23.8 Å². The second-order valence-corrected chi connectivity index (χ2v) is 7.09. The van der Waals surface area contributed by atoms with Gasteiger partial charge in [0.2, 0.25) is 0 Å². The maximum Gasteiger partial charge on any atom is 0.350 e. The van der Waals surface area contributed by atoms with Gasteiger partial charge in [-0.15, -0.1) is 0 Å². The predicted octanol–water partition coefficient (Wildman–Crippen LogP) is 2.52. The number of hydrogen-bond acceptors (Lipinski definition) is 7. The van der Waals surface area contributed by atoms with Crippen LogP contribution in [0.3, 0.4) is 0 Å². The minimum absolute atomic E-state index is 0.207. The standard InChI is InChI=1S/C17H21BrN2O5/c1-17(2)24-15(21)12(16(22)25-17)10-19-13-6-5-11(18)9-14(13)23-8-7-20(3)4/h5-6,9-10,19H,7-8H2,1-4H3. The van der Waals surface area contributed by atoms with Crippen molar-refractivity contribution >= 4 is 33.6 Å². The molecule has 1 aliphatic heterocycles. The third-order valence-electron chi connectivity index (χ3n) is 3.23. The minimum atomic E-state index is -1.26. The Morgan fingerprint density at radius 3 is 2.48 bits per heavy atom. The third-order valence-corrected chi connectivity index (χ3v) is 3.72. The van der Waals surface area contributed by atoms with Crippen molar-refractivity contribution in [1.82, 2.24) is 4.90 Å². The predicted molar refractivity (Wildman–Crippen MR) is 96.2 cm³/mol. The number of benzene rings is 1. The lowest BCUT2D eigenvalue weighted by molar-refractivity contribution is -0.222. The molecule has 25 heavy (non-hydrogen) atoms. The summed E-state index contributed by atoms with van der Waals surface area (Å²) in [5, 5.41) is 2.91. The molecule has 7 nitrogen and oxygen atoms in total. The first-order valence-electron chi connectivity index (χ1n) is 7.68. The summed E-state index contributed by atoms with van der Waals surface area (Å²) in [6, 6.07) is 5.40. The van der Waals surface area contributed by atoms with Gasteiger partial charge >= 0.3 is 11.9 Å². The highest BCUT2D eigenvalue weighted by Crippen LogP contribution is 2.29. The van der Waals surface area contributed by atoms with Crippen molar-refractivity contribution in [2.45, 2.75) is 19.6 Å². The summed E-state index contributed by atoms with van der Waals surface area (Å²) in [5.41, 5.74) is 0.404. The summed E-state index contributed by atoms with van der Waals surface area (Å²) in [7, 11) is 3.91. The second-order valence-electron chi connectivity index (χ2n) is 6.17. The number of anilines is 1. The van der Waals surface area contributed by atoms with Gasteiger partial charge in [-0.25, -0.2) is 9.59 Å². The lowest BCUT2D eigenvalue weighted by Crippen LogP contribution is -2.42. The molecule has 0 unspecified atom stereocenters. The van der Waals surface area contributed by atoms with Crippen LogP contribution in [-0.4, -0.2) is 49.9 Å². The highest BCUT2D eigenvalue weighted by atomic mass is 79.9. The van der Waals surface area contributed by atoms with Gasteiger partial charge in [0.15, 0.2) is 5.57 Å². The lowest BCUT2D eigenvalue weighted by Gasteiger charge is -2.29. The quantitative estimate of drug-likeness (QED) is 0.436. The number of esters is 2. The largest absolute Gasteiger partial charge is 0.490 e. The SMILES string of the molecule is CN(C)CCOc1cc(Br)ccc1NC=C1C(=O)OC(C)(C)OC1=O. The number of nitrogens with zero attached hydrogens (tertiary/aromatic N) is 1. The number of cyclic esters (lactones) is 2. The molecule has 0 atom stereocenters. The van der Waals surface area contributed by atoms with Gasteiger partial charge in [-0.2, -0.15) is 0 Å². The molecule has 1 N–H and O–H groups in total. The minimum Gasteiger partial charge on any atom is -0.490 e. The van der Waals surface area contributed by atoms with E-state index in [0.29, 0.717) is 18.0 Å².